The van der Waals surface area contributed by atoms with Gasteiger partial charge in [-0.3, -0.25) is 4.79 Å². The van der Waals surface area contributed by atoms with Gasteiger partial charge in [0.05, 0.1) is 13.7 Å². The predicted molar refractivity (Wildman–Crippen MR) is 73.9 cm³/mol. The van der Waals surface area contributed by atoms with E-state index in [-0.39, 0.29) is 6.61 Å². The van der Waals surface area contributed by atoms with Gasteiger partial charge in [0.2, 0.25) is 5.91 Å². The largest absolute Gasteiger partial charge is 0.467 e. The number of benzene rings is 1. The van der Waals surface area contributed by atoms with E-state index in [0.29, 0.717) is 6.42 Å². The molecule has 0 aliphatic heterocycles. The Bertz CT molecular complexity index is 436. The number of esters is 1. The molecule has 20 heavy (non-hydrogen) atoms. The molecular weight excluding hydrogens is 260 g/mol. The summed E-state index contributed by atoms with van der Waals surface area (Å²) in [5.41, 5.74) is 6.54. The molecule has 0 aliphatic rings. The molecule has 110 valence electrons. The van der Waals surface area contributed by atoms with Crippen molar-refractivity contribution in [2.75, 3.05) is 20.8 Å². The first-order valence-electron chi connectivity index (χ1n) is 6.25. The Morgan fingerprint density at radius 2 is 1.90 bits per heavy atom. The zero-order valence-corrected chi connectivity index (χ0v) is 11.7. The average Bonchev–Trinajstić information content (AvgIpc) is 2.47. The first-order valence-corrected chi connectivity index (χ1v) is 6.25. The third-order valence-electron chi connectivity index (χ3n) is 2.77. The van der Waals surface area contributed by atoms with Crippen LogP contribution in [0, 0.1) is 0 Å². The molecule has 2 unspecified atom stereocenters. The molecule has 0 spiro atoms. The molecule has 2 atom stereocenters. The van der Waals surface area contributed by atoms with Crippen molar-refractivity contribution < 1.29 is 19.1 Å². The van der Waals surface area contributed by atoms with Crippen LogP contribution in [-0.2, 0) is 25.5 Å². The lowest BCUT2D eigenvalue weighted by atomic mass is 10.1. The van der Waals surface area contributed by atoms with Crippen molar-refractivity contribution in [3.05, 3.63) is 35.9 Å². The minimum atomic E-state index is -0.817. The maximum Gasteiger partial charge on any atom is 0.328 e. The summed E-state index contributed by atoms with van der Waals surface area (Å²) in [6.45, 7) is 0.0884. The Kier molecular flexibility index (Phi) is 6.69. The SMILES string of the molecule is COCC(N)C(=O)NC(Cc1ccccc1)C(=O)OC. The van der Waals surface area contributed by atoms with Gasteiger partial charge in [-0.1, -0.05) is 30.3 Å². The molecule has 3 N–H and O–H groups in total. The quantitative estimate of drug-likeness (QED) is 0.678. The van der Waals surface area contributed by atoms with Gasteiger partial charge in [0.1, 0.15) is 12.1 Å². The second-order valence-electron chi connectivity index (χ2n) is 4.34. The van der Waals surface area contributed by atoms with E-state index in [1.54, 1.807) is 0 Å². The van der Waals surface area contributed by atoms with Gasteiger partial charge in [0, 0.05) is 13.5 Å². The monoisotopic (exact) mass is 280 g/mol. The molecule has 0 bridgehead atoms. The molecule has 1 rings (SSSR count). The first kappa shape index (κ1) is 16.1. The number of amides is 1. The molecule has 0 aliphatic carbocycles. The summed E-state index contributed by atoms with van der Waals surface area (Å²) in [5, 5.41) is 2.58. The van der Waals surface area contributed by atoms with Crippen molar-refractivity contribution in [3.8, 4) is 0 Å². The molecule has 1 aromatic carbocycles. The maximum atomic E-state index is 11.8. The van der Waals surface area contributed by atoms with E-state index in [9.17, 15) is 9.59 Å². The highest BCUT2D eigenvalue weighted by molar-refractivity contribution is 5.87. The fourth-order valence-corrected chi connectivity index (χ4v) is 1.72. The number of hydrogen-bond donors (Lipinski definition) is 2. The molecule has 0 radical (unpaired) electrons. The van der Waals surface area contributed by atoms with Crippen LogP contribution < -0.4 is 11.1 Å². The van der Waals surface area contributed by atoms with Crippen LogP contribution >= 0.6 is 0 Å². The average molecular weight is 280 g/mol. The Morgan fingerprint density at radius 3 is 2.45 bits per heavy atom. The van der Waals surface area contributed by atoms with E-state index in [1.165, 1.54) is 14.2 Å². The summed E-state index contributed by atoms with van der Waals surface area (Å²) in [6.07, 6.45) is 0.346. The fourth-order valence-electron chi connectivity index (χ4n) is 1.72. The molecule has 0 saturated carbocycles. The lowest BCUT2D eigenvalue weighted by Crippen LogP contribution is -2.51. The highest BCUT2D eigenvalue weighted by atomic mass is 16.5. The zero-order valence-electron chi connectivity index (χ0n) is 11.7. The lowest BCUT2D eigenvalue weighted by molar-refractivity contribution is -0.145. The predicted octanol–water partition coefficient (Wildman–Crippen LogP) is -0.139. The standard InChI is InChI=1S/C14H20N2O4/c1-19-9-11(15)13(17)16-12(14(18)20-2)8-10-6-4-3-5-7-10/h3-7,11-12H,8-9,15H2,1-2H3,(H,16,17). The summed E-state index contributed by atoms with van der Waals surface area (Å²) in [5.74, 6) is -0.954. The van der Waals surface area contributed by atoms with Gasteiger partial charge in [0.15, 0.2) is 0 Å². The zero-order chi connectivity index (χ0) is 15.0. The van der Waals surface area contributed by atoms with Crippen molar-refractivity contribution in [2.24, 2.45) is 5.73 Å². The van der Waals surface area contributed by atoms with Crippen molar-refractivity contribution in [3.63, 3.8) is 0 Å². The van der Waals surface area contributed by atoms with Crippen LogP contribution in [0.1, 0.15) is 5.56 Å². The smallest absolute Gasteiger partial charge is 0.328 e. The normalized spacial score (nSPS) is 13.3. The Labute approximate surface area is 118 Å². The second-order valence-corrected chi connectivity index (χ2v) is 4.34. The Hall–Kier alpha value is -1.92. The van der Waals surface area contributed by atoms with Crippen LogP contribution in [0.15, 0.2) is 30.3 Å². The van der Waals surface area contributed by atoms with Gasteiger partial charge in [-0.25, -0.2) is 4.79 Å². The van der Waals surface area contributed by atoms with Gasteiger partial charge >= 0.3 is 5.97 Å². The van der Waals surface area contributed by atoms with Crippen LogP contribution in [0.5, 0.6) is 0 Å². The van der Waals surface area contributed by atoms with Crippen LogP contribution in [0.2, 0.25) is 0 Å². The molecular formula is C14H20N2O4. The van der Waals surface area contributed by atoms with Crippen LogP contribution in [0.4, 0.5) is 0 Å². The van der Waals surface area contributed by atoms with Gasteiger partial charge in [-0.05, 0) is 5.56 Å². The molecule has 6 nitrogen and oxygen atoms in total. The molecule has 0 aromatic heterocycles. The van der Waals surface area contributed by atoms with E-state index in [1.807, 2.05) is 30.3 Å². The van der Waals surface area contributed by atoms with E-state index >= 15 is 0 Å². The van der Waals surface area contributed by atoms with Crippen molar-refractivity contribution in [1.82, 2.24) is 5.32 Å². The van der Waals surface area contributed by atoms with Crippen molar-refractivity contribution in [1.29, 1.82) is 0 Å². The van der Waals surface area contributed by atoms with E-state index in [2.05, 4.69) is 5.32 Å². The summed E-state index contributed by atoms with van der Waals surface area (Å²) in [4.78, 5) is 23.6. The van der Waals surface area contributed by atoms with Gasteiger partial charge < -0.3 is 20.5 Å². The number of carbonyl (C=O) groups is 2. The van der Waals surface area contributed by atoms with Crippen LogP contribution in [0.3, 0.4) is 0 Å². The minimum Gasteiger partial charge on any atom is -0.467 e. The van der Waals surface area contributed by atoms with Gasteiger partial charge in [0.25, 0.3) is 0 Å². The summed E-state index contributed by atoms with van der Waals surface area (Å²) in [6, 6.07) is 7.77. The van der Waals surface area contributed by atoms with Crippen LogP contribution in [0.25, 0.3) is 0 Å². The molecule has 6 heteroatoms. The van der Waals surface area contributed by atoms with Gasteiger partial charge in [-0.15, -0.1) is 0 Å². The molecule has 0 heterocycles. The third-order valence-corrected chi connectivity index (χ3v) is 2.77. The summed E-state index contributed by atoms with van der Waals surface area (Å²) in [7, 11) is 2.73. The van der Waals surface area contributed by atoms with Crippen molar-refractivity contribution >= 4 is 11.9 Å². The fraction of sp³-hybridized carbons (Fsp3) is 0.429. The number of carbonyl (C=O) groups excluding carboxylic acids is 2. The first-order chi connectivity index (χ1) is 9.58. The minimum absolute atomic E-state index is 0.0884. The lowest BCUT2D eigenvalue weighted by Gasteiger charge is -2.19. The Morgan fingerprint density at radius 1 is 1.25 bits per heavy atom. The summed E-state index contributed by atoms with van der Waals surface area (Å²) >= 11 is 0. The van der Waals surface area contributed by atoms with Gasteiger partial charge in [-0.2, -0.15) is 0 Å². The molecule has 1 aromatic rings. The number of rotatable bonds is 7. The molecule has 0 fully saturated rings. The second kappa shape index (κ2) is 8.29. The van der Waals surface area contributed by atoms with Crippen LogP contribution in [-0.4, -0.2) is 44.8 Å². The number of ether oxygens (including phenoxy) is 2. The van der Waals surface area contributed by atoms with E-state index in [0.717, 1.165) is 5.56 Å². The summed E-state index contributed by atoms with van der Waals surface area (Å²) < 4.78 is 9.51. The topological polar surface area (TPSA) is 90.6 Å². The van der Waals surface area contributed by atoms with E-state index < -0.39 is 24.0 Å². The number of hydrogen-bond acceptors (Lipinski definition) is 5. The molecule has 1 amide bonds. The van der Waals surface area contributed by atoms with Crippen molar-refractivity contribution in [2.45, 2.75) is 18.5 Å². The number of nitrogens with two attached hydrogens (primary N) is 1. The highest BCUT2D eigenvalue weighted by Crippen LogP contribution is 2.04. The number of nitrogens with one attached hydrogen (secondary N) is 1. The maximum absolute atomic E-state index is 11.8. The third kappa shape index (κ3) is 4.99. The Balaban J connectivity index is 2.70. The van der Waals surface area contributed by atoms with E-state index in [4.69, 9.17) is 15.2 Å². The molecule has 0 saturated heterocycles. The highest BCUT2D eigenvalue weighted by Gasteiger charge is 2.24. The number of methoxy groups -OCH3 is 2.